The topological polar surface area (TPSA) is 25.3 Å². The number of allylic oxidation sites excluding steroid dienone is 2. The monoisotopic (exact) mass is 859 g/mol. The number of hydrogen-bond acceptors (Lipinski definition) is 0. The third-order valence-electron chi connectivity index (χ3n) is 13.8. The predicted octanol–water partition coefficient (Wildman–Crippen LogP) is 19.6. The molecule has 0 aliphatic carbocycles. The van der Waals surface area contributed by atoms with E-state index in [9.17, 15) is 5.53 Å². The zero-order valence-corrected chi connectivity index (χ0v) is 43.0. The summed E-state index contributed by atoms with van der Waals surface area (Å²) in [5.74, 6) is 7.57. The number of hydrogen-bond donors (Lipinski definition) is 0. The lowest BCUT2D eigenvalue weighted by Gasteiger charge is -2.20. The Morgan fingerprint density at radius 3 is 1.10 bits per heavy atom. The van der Waals surface area contributed by atoms with Crippen LogP contribution in [-0.2, 0) is 38.5 Å². The Morgan fingerprint density at radius 1 is 0.365 bits per heavy atom. The molecule has 0 atom stereocenters. The molecule has 0 saturated carbocycles. The number of benzene rings is 2. The van der Waals surface area contributed by atoms with Gasteiger partial charge in [-0.25, -0.2) is 4.70 Å². The van der Waals surface area contributed by atoms with E-state index < -0.39 is 0 Å². The van der Waals surface area contributed by atoms with E-state index in [0.29, 0.717) is 0 Å². The van der Waals surface area contributed by atoms with Gasteiger partial charge < -0.3 is 5.53 Å². The molecule has 1 heterocycles. The quantitative estimate of drug-likeness (QED) is 0.0371. The van der Waals surface area contributed by atoms with E-state index in [4.69, 9.17) is 0 Å². The van der Waals surface area contributed by atoms with Crippen molar-refractivity contribution in [2.24, 2.45) is 0 Å². The van der Waals surface area contributed by atoms with Gasteiger partial charge in [-0.05, 0) is 154 Å². The largest absolute Gasteiger partial charge is 0.493 e. The molecule has 0 radical (unpaired) electrons. The van der Waals surface area contributed by atoms with E-state index in [2.05, 4.69) is 91.5 Å². The van der Waals surface area contributed by atoms with Crippen LogP contribution in [0, 0.1) is 11.8 Å². The summed E-state index contributed by atoms with van der Waals surface area (Å²) in [5, 5.41) is 0. The molecule has 0 amide bonds. The van der Waals surface area contributed by atoms with Gasteiger partial charge in [0.2, 0.25) is 11.4 Å². The standard InChI is InChI=1S/C61H98N2/c1-9-17-25-27-29-37-45-59-58(44-36-28-26-18-10-2)60(54-46-50(38-30-19-11-3)56(42-34-23-15-7)51(47-54)39-31-20-12-4)63(62)61(59)55-48-52(40-32-21-13-5)57(43-35-24-16-8)53(49-55)41-33-22-14-6/h46-49H,9-35,37-43,45H2,1-8H3. The van der Waals surface area contributed by atoms with Crippen LogP contribution in [-0.4, -0.2) is 4.70 Å². The molecule has 352 valence electrons. The van der Waals surface area contributed by atoms with Crippen molar-refractivity contribution in [2.75, 3.05) is 0 Å². The zero-order valence-electron chi connectivity index (χ0n) is 43.0. The molecule has 0 unspecified atom stereocenters. The summed E-state index contributed by atoms with van der Waals surface area (Å²) < 4.78 is 1.68. The fourth-order valence-corrected chi connectivity index (χ4v) is 10.0. The molecule has 2 aromatic carbocycles. The molecule has 2 aromatic rings. The molecular formula is C61H98N2. The second kappa shape index (κ2) is 33.5. The summed E-state index contributed by atoms with van der Waals surface area (Å²) in [6, 6.07) is 10.1. The highest BCUT2D eigenvalue weighted by Crippen LogP contribution is 2.44. The Balaban J connectivity index is 2.42. The van der Waals surface area contributed by atoms with Crippen molar-refractivity contribution in [3.8, 4) is 11.8 Å². The van der Waals surface area contributed by atoms with Crippen LogP contribution < -0.4 is 0 Å². The maximum absolute atomic E-state index is 13.2. The smallest absolute Gasteiger partial charge is 0.223 e. The number of aryl methyl sites for hydroxylation is 4. The van der Waals surface area contributed by atoms with Crippen molar-refractivity contribution in [3.05, 3.63) is 85.5 Å². The maximum Gasteiger partial charge on any atom is 0.223 e. The van der Waals surface area contributed by atoms with Crippen molar-refractivity contribution < 1.29 is 4.70 Å². The molecule has 63 heavy (non-hydrogen) atoms. The van der Waals surface area contributed by atoms with Crippen LogP contribution in [0.3, 0.4) is 0 Å². The van der Waals surface area contributed by atoms with Gasteiger partial charge >= 0.3 is 0 Å². The summed E-state index contributed by atoms with van der Waals surface area (Å²) in [7, 11) is 0. The van der Waals surface area contributed by atoms with Crippen LogP contribution in [0.2, 0.25) is 0 Å². The van der Waals surface area contributed by atoms with Crippen molar-refractivity contribution in [3.63, 3.8) is 0 Å². The highest BCUT2D eigenvalue weighted by molar-refractivity contribution is 5.86. The molecule has 0 spiro atoms. The van der Waals surface area contributed by atoms with Crippen LogP contribution in [0.1, 0.15) is 286 Å². The van der Waals surface area contributed by atoms with E-state index >= 15 is 0 Å². The molecule has 0 bridgehead atoms. The first-order valence-corrected chi connectivity index (χ1v) is 27.7. The van der Waals surface area contributed by atoms with E-state index in [1.165, 1.54) is 212 Å². The summed E-state index contributed by atoms with van der Waals surface area (Å²) in [4.78, 5) is 0. The first-order chi connectivity index (χ1) is 30.9. The minimum atomic E-state index is 0.909. The molecule has 2 nitrogen and oxygen atoms in total. The Labute approximate surface area is 391 Å². The Kier molecular flexibility index (Phi) is 29.0. The summed E-state index contributed by atoms with van der Waals surface area (Å²) in [6.07, 6.45) is 42.3. The lowest BCUT2D eigenvalue weighted by Crippen LogP contribution is -2.09. The second-order valence-electron chi connectivity index (χ2n) is 19.4. The highest BCUT2D eigenvalue weighted by atomic mass is 15.2. The minimum absolute atomic E-state index is 0.909. The van der Waals surface area contributed by atoms with Gasteiger partial charge in [0.25, 0.3) is 0 Å². The average Bonchev–Trinajstić information content (AvgIpc) is 3.56. The molecule has 0 aromatic heterocycles. The van der Waals surface area contributed by atoms with Crippen molar-refractivity contribution in [1.29, 1.82) is 0 Å². The first-order valence-electron chi connectivity index (χ1n) is 27.7. The zero-order chi connectivity index (χ0) is 45.5. The van der Waals surface area contributed by atoms with Crippen molar-refractivity contribution in [1.82, 2.24) is 0 Å². The Bertz CT molecular complexity index is 1660. The first kappa shape index (κ1) is 54.4. The normalized spacial score (nSPS) is 12.9. The van der Waals surface area contributed by atoms with Gasteiger partial charge in [0.05, 0.1) is 0 Å². The fourth-order valence-electron chi connectivity index (χ4n) is 10.0. The van der Waals surface area contributed by atoms with Gasteiger partial charge in [-0.3, -0.25) is 0 Å². The van der Waals surface area contributed by atoms with Crippen LogP contribution in [0.25, 0.3) is 16.9 Å². The maximum atomic E-state index is 13.2. The molecule has 0 saturated heterocycles. The van der Waals surface area contributed by atoms with Crippen LogP contribution >= 0.6 is 0 Å². The average molecular weight is 859 g/mol. The van der Waals surface area contributed by atoms with Gasteiger partial charge in [0.15, 0.2) is 0 Å². The second-order valence-corrected chi connectivity index (χ2v) is 19.4. The van der Waals surface area contributed by atoms with E-state index in [1.807, 2.05) is 0 Å². The Hall–Kier alpha value is -2.92. The van der Waals surface area contributed by atoms with Gasteiger partial charge in [-0.1, -0.05) is 189 Å². The van der Waals surface area contributed by atoms with Crippen LogP contribution in [0.15, 0.2) is 35.4 Å². The highest BCUT2D eigenvalue weighted by Gasteiger charge is 2.36. The number of unbranched alkanes of at least 4 members (excludes halogenated alkanes) is 20. The van der Waals surface area contributed by atoms with Gasteiger partial charge in [-0.15, -0.1) is 0 Å². The third-order valence-corrected chi connectivity index (χ3v) is 13.8. The van der Waals surface area contributed by atoms with E-state index in [1.54, 1.807) is 15.8 Å². The summed E-state index contributed by atoms with van der Waals surface area (Å²) in [6.45, 7) is 18.6. The van der Waals surface area contributed by atoms with Gasteiger partial charge in [-0.2, -0.15) is 0 Å². The SMILES string of the molecule is CCCCCC#CC1=C(c2cc(CCCCC)c(CCCCC)c(CCCCC)c2)[N+](=[N-])C(c2cc(CCCCC)c(CCCCC)c(CCCCC)c2)=C1CCCCCCCC. The fraction of sp³-hybridized carbons (Fsp3) is 0.705. The molecule has 0 fully saturated rings. The van der Waals surface area contributed by atoms with Gasteiger partial charge in [0.1, 0.15) is 5.57 Å². The van der Waals surface area contributed by atoms with Crippen LogP contribution in [0.5, 0.6) is 0 Å². The minimum Gasteiger partial charge on any atom is -0.493 e. The molecule has 3 rings (SSSR count). The molecule has 2 heteroatoms. The number of nitrogens with zero attached hydrogens (tertiary/aromatic N) is 2. The van der Waals surface area contributed by atoms with Crippen LogP contribution in [0.4, 0.5) is 0 Å². The Morgan fingerprint density at radius 2 is 0.683 bits per heavy atom. The third kappa shape index (κ3) is 18.5. The van der Waals surface area contributed by atoms with Crippen molar-refractivity contribution in [2.45, 2.75) is 280 Å². The molecule has 1 aliphatic rings. The summed E-state index contributed by atoms with van der Waals surface area (Å²) >= 11 is 0. The molecule has 0 N–H and O–H groups in total. The number of rotatable bonds is 36. The lowest BCUT2D eigenvalue weighted by atomic mass is 9.86. The molecular weight excluding hydrogens is 761 g/mol. The summed E-state index contributed by atoms with van der Waals surface area (Å²) in [5.41, 5.74) is 29.3. The lowest BCUT2D eigenvalue weighted by molar-refractivity contribution is -0.345. The van der Waals surface area contributed by atoms with Gasteiger partial charge in [0, 0.05) is 23.1 Å². The van der Waals surface area contributed by atoms with Crippen molar-refractivity contribution >= 4 is 11.4 Å². The predicted molar refractivity (Wildman–Crippen MR) is 280 cm³/mol. The van der Waals surface area contributed by atoms with E-state index in [-0.39, 0.29) is 0 Å². The van der Waals surface area contributed by atoms with E-state index in [0.717, 1.165) is 68.3 Å². The molecule has 1 aliphatic heterocycles.